The number of hydrogen-bond acceptors (Lipinski definition) is 5. The van der Waals surface area contributed by atoms with Gasteiger partial charge in [0.1, 0.15) is 0 Å². The maximum Gasteiger partial charge on any atom is 0.251 e. The van der Waals surface area contributed by atoms with Gasteiger partial charge in [0, 0.05) is 25.3 Å². The van der Waals surface area contributed by atoms with Gasteiger partial charge in [-0.15, -0.1) is 5.10 Å². The zero-order chi connectivity index (χ0) is 20.1. The molecule has 0 bridgehead atoms. The lowest BCUT2D eigenvalue weighted by molar-refractivity contribution is 0.402. The van der Waals surface area contributed by atoms with Crippen LogP contribution < -0.4 is 9.80 Å². The molecule has 150 valence electrons. The highest BCUT2D eigenvalue weighted by Gasteiger charge is 2.22. The maximum absolute atomic E-state index is 4.86. The Bertz CT molecular complexity index is 919. The summed E-state index contributed by atoms with van der Waals surface area (Å²) in [5.41, 5.74) is 3.77. The molecule has 5 heteroatoms. The van der Waals surface area contributed by atoms with Crippen LogP contribution in [-0.2, 0) is 6.42 Å². The molecule has 1 aliphatic rings. The molecular weight excluding hydrogens is 358 g/mol. The van der Waals surface area contributed by atoms with E-state index in [2.05, 4.69) is 88.4 Å². The van der Waals surface area contributed by atoms with Gasteiger partial charge in [0.2, 0.25) is 0 Å². The molecule has 1 saturated heterocycles. The van der Waals surface area contributed by atoms with Gasteiger partial charge >= 0.3 is 0 Å². The van der Waals surface area contributed by atoms with Crippen molar-refractivity contribution in [3.63, 3.8) is 0 Å². The lowest BCUT2D eigenvalue weighted by Crippen LogP contribution is -2.35. The van der Waals surface area contributed by atoms with E-state index in [4.69, 9.17) is 4.98 Å². The quantitative estimate of drug-likeness (QED) is 0.608. The van der Waals surface area contributed by atoms with Gasteiger partial charge in [0.05, 0.1) is 6.20 Å². The number of benzene rings is 2. The van der Waals surface area contributed by atoms with Crippen molar-refractivity contribution in [1.29, 1.82) is 0 Å². The summed E-state index contributed by atoms with van der Waals surface area (Å²) >= 11 is 0. The second-order valence-corrected chi connectivity index (χ2v) is 7.82. The standard InChI is InChI=1S/C24H29N5/c1-3-29(22-11-7-8-19(2)16-22)24-26-23(18-25-27-24)28-14-12-21(13-15-28)17-20-9-5-4-6-10-20/h4-11,16,18,21H,3,12-15,17H2,1-2H3. The minimum absolute atomic E-state index is 0.669. The fraction of sp³-hybridized carbons (Fsp3) is 0.375. The van der Waals surface area contributed by atoms with E-state index in [1.807, 2.05) is 0 Å². The van der Waals surface area contributed by atoms with E-state index in [0.717, 1.165) is 37.1 Å². The summed E-state index contributed by atoms with van der Waals surface area (Å²) in [6.45, 7) is 7.06. The molecule has 3 aromatic rings. The number of aryl methyl sites for hydroxylation is 1. The van der Waals surface area contributed by atoms with E-state index in [0.29, 0.717) is 5.95 Å². The van der Waals surface area contributed by atoms with E-state index < -0.39 is 0 Å². The molecule has 0 amide bonds. The Hall–Kier alpha value is -2.95. The average molecular weight is 388 g/mol. The molecule has 0 spiro atoms. The van der Waals surface area contributed by atoms with Crippen molar-refractivity contribution < 1.29 is 0 Å². The van der Waals surface area contributed by atoms with Crippen molar-refractivity contribution in [3.05, 3.63) is 71.9 Å². The average Bonchev–Trinajstić information content (AvgIpc) is 2.76. The number of piperidine rings is 1. The van der Waals surface area contributed by atoms with Crippen LogP contribution in [0.3, 0.4) is 0 Å². The molecule has 5 nitrogen and oxygen atoms in total. The summed E-state index contributed by atoms with van der Waals surface area (Å²) in [5, 5.41) is 8.59. The van der Waals surface area contributed by atoms with E-state index in [-0.39, 0.29) is 0 Å². The molecule has 0 aliphatic carbocycles. The highest BCUT2D eigenvalue weighted by Crippen LogP contribution is 2.27. The number of nitrogens with zero attached hydrogens (tertiary/aromatic N) is 5. The number of rotatable bonds is 6. The Morgan fingerprint density at radius 3 is 2.55 bits per heavy atom. The maximum atomic E-state index is 4.86. The van der Waals surface area contributed by atoms with Crippen LogP contribution in [0.25, 0.3) is 0 Å². The zero-order valence-corrected chi connectivity index (χ0v) is 17.3. The van der Waals surface area contributed by atoms with Crippen LogP contribution in [0.15, 0.2) is 60.8 Å². The Morgan fingerprint density at radius 2 is 1.83 bits per heavy atom. The third kappa shape index (κ3) is 4.73. The summed E-state index contributed by atoms with van der Waals surface area (Å²) < 4.78 is 0. The van der Waals surface area contributed by atoms with Gasteiger partial charge in [-0.2, -0.15) is 10.1 Å². The van der Waals surface area contributed by atoms with Crippen molar-refractivity contribution in [2.24, 2.45) is 5.92 Å². The van der Waals surface area contributed by atoms with Gasteiger partial charge in [-0.25, -0.2) is 0 Å². The smallest absolute Gasteiger partial charge is 0.251 e. The molecular formula is C24H29N5. The summed E-state index contributed by atoms with van der Waals surface area (Å²) in [7, 11) is 0. The van der Waals surface area contributed by atoms with Crippen molar-refractivity contribution in [2.45, 2.75) is 33.1 Å². The molecule has 29 heavy (non-hydrogen) atoms. The number of aromatic nitrogens is 3. The Kier molecular flexibility index (Phi) is 6.03. The van der Waals surface area contributed by atoms with Crippen LogP contribution in [0.5, 0.6) is 0 Å². The summed E-state index contributed by atoms with van der Waals surface area (Å²) in [4.78, 5) is 9.33. The Morgan fingerprint density at radius 1 is 1.03 bits per heavy atom. The minimum atomic E-state index is 0.669. The topological polar surface area (TPSA) is 45.2 Å². The predicted molar refractivity (Wildman–Crippen MR) is 119 cm³/mol. The van der Waals surface area contributed by atoms with Crippen LogP contribution >= 0.6 is 0 Å². The monoisotopic (exact) mass is 387 g/mol. The highest BCUT2D eigenvalue weighted by molar-refractivity contribution is 5.59. The third-order valence-electron chi connectivity index (χ3n) is 5.71. The van der Waals surface area contributed by atoms with Gasteiger partial charge in [0.15, 0.2) is 5.82 Å². The van der Waals surface area contributed by atoms with E-state index in [1.54, 1.807) is 6.20 Å². The molecule has 0 saturated carbocycles. The molecule has 2 aromatic carbocycles. The predicted octanol–water partition coefficient (Wildman–Crippen LogP) is 4.80. The van der Waals surface area contributed by atoms with Gasteiger partial charge in [-0.05, 0) is 62.3 Å². The largest absolute Gasteiger partial charge is 0.355 e. The summed E-state index contributed by atoms with van der Waals surface area (Å²) in [6.07, 6.45) is 5.33. The first-order chi connectivity index (χ1) is 14.2. The third-order valence-corrected chi connectivity index (χ3v) is 5.71. The first-order valence-electron chi connectivity index (χ1n) is 10.6. The molecule has 0 radical (unpaired) electrons. The van der Waals surface area contributed by atoms with E-state index in [9.17, 15) is 0 Å². The highest BCUT2D eigenvalue weighted by atomic mass is 15.3. The van der Waals surface area contributed by atoms with Crippen molar-refractivity contribution in [3.8, 4) is 0 Å². The van der Waals surface area contributed by atoms with Gasteiger partial charge < -0.3 is 9.80 Å². The van der Waals surface area contributed by atoms with Crippen molar-refractivity contribution in [1.82, 2.24) is 15.2 Å². The molecule has 4 rings (SSSR count). The summed E-state index contributed by atoms with van der Waals surface area (Å²) in [5.74, 6) is 2.34. The van der Waals surface area contributed by atoms with Crippen LogP contribution in [0.4, 0.5) is 17.5 Å². The van der Waals surface area contributed by atoms with Gasteiger partial charge in [-0.1, -0.05) is 42.5 Å². The van der Waals surface area contributed by atoms with Crippen LogP contribution in [-0.4, -0.2) is 34.8 Å². The first-order valence-corrected chi connectivity index (χ1v) is 10.6. The molecule has 0 atom stereocenters. The Balaban J connectivity index is 1.44. The lowest BCUT2D eigenvalue weighted by Gasteiger charge is -2.33. The zero-order valence-electron chi connectivity index (χ0n) is 17.3. The molecule has 1 fully saturated rings. The molecule has 1 aliphatic heterocycles. The molecule has 1 aromatic heterocycles. The number of hydrogen-bond donors (Lipinski definition) is 0. The fourth-order valence-electron chi connectivity index (χ4n) is 4.10. The van der Waals surface area contributed by atoms with E-state index >= 15 is 0 Å². The SMILES string of the molecule is CCN(c1cccc(C)c1)c1nncc(N2CCC(Cc3ccccc3)CC2)n1. The molecule has 2 heterocycles. The normalized spacial score (nSPS) is 14.8. The fourth-order valence-corrected chi connectivity index (χ4v) is 4.10. The summed E-state index contributed by atoms with van der Waals surface area (Å²) in [6, 6.07) is 19.3. The second-order valence-electron chi connectivity index (χ2n) is 7.82. The Labute approximate surface area is 173 Å². The van der Waals surface area contributed by atoms with Crippen LogP contribution in [0.2, 0.25) is 0 Å². The van der Waals surface area contributed by atoms with Crippen LogP contribution in [0.1, 0.15) is 30.9 Å². The van der Waals surface area contributed by atoms with Crippen LogP contribution in [0, 0.1) is 12.8 Å². The molecule has 0 N–H and O–H groups in total. The van der Waals surface area contributed by atoms with E-state index in [1.165, 1.54) is 30.4 Å². The first kappa shape index (κ1) is 19.4. The second kappa shape index (κ2) is 9.03. The lowest BCUT2D eigenvalue weighted by atomic mass is 9.90. The van der Waals surface area contributed by atoms with Crippen molar-refractivity contribution >= 4 is 17.5 Å². The van der Waals surface area contributed by atoms with Gasteiger partial charge in [-0.3, -0.25) is 0 Å². The molecule has 0 unspecified atom stereocenters. The minimum Gasteiger partial charge on any atom is -0.355 e. The van der Waals surface area contributed by atoms with Gasteiger partial charge in [0.25, 0.3) is 5.95 Å². The van der Waals surface area contributed by atoms with Crippen molar-refractivity contribution in [2.75, 3.05) is 29.4 Å². The number of anilines is 3.